The van der Waals surface area contributed by atoms with Gasteiger partial charge in [-0.3, -0.25) is 14.2 Å². The Kier molecular flexibility index (Phi) is 4.71. The summed E-state index contributed by atoms with van der Waals surface area (Å²) in [5, 5.41) is 11.4. The maximum atomic E-state index is 12.8. The second-order valence-electron chi connectivity index (χ2n) is 4.67. The van der Waals surface area contributed by atoms with Crippen molar-refractivity contribution in [1.82, 2.24) is 9.13 Å². The van der Waals surface area contributed by atoms with Crippen molar-refractivity contribution in [2.75, 3.05) is 5.32 Å². The molecule has 0 aliphatic heterocycles. The van der Waals surface area contributed by atoms with Crippen LogP contribution in [-0.2, 0) is 17.9 Å². The Hall–Kier alpha value is -3.21. The van der Waals surface area contributed by atoms with Gasteiger partial charge in [0.1, 0.15) is 24.0 Å². The smallest absolute Gasteiger partial charge is 0.325 e. The number of nitriles is 1. The topological polar surface area (TPSA) is 96.9 Å². The van der Waals surface area contributed by atoms with E-state index in [0.717, 1.165) is 0 Å². The molecule has 0 fully saturated rings. The summed E-state index contributed by atoms with van der Waals surface area (Å²) in [4.78, 5) is 36.1. The summed E-state index contributed by atoms with van der Waals surface area (Å²) in [6, 6.07) is 6.74. The first-order valence-corrected chi connectivity index (χ1v) is 6.76. The molecular formula is C15H13FN4O3. The number of carbonyl (C=O) groups is 1. The predicted molar refractivity (Wildman–Crippen MR) is 80.4 cm³/mol. The number of nitrogens with zero attached hydrogens (tertiary/aromatic N) is 3. The van der Waals surface area contributed by atoms with Crippen molar-refractivity contribution in [1.29, 1.82) is 5.26 Å². The second kappa shape index (κ2) is 6.70. The lowest BCUT2D eigenvalue weighted by atomic mass is 10.3. The van der Waals surface area contributed by atoms with Crippen LogP contribution in [0, 0.1) is 17.1 Å². The zero-order valence-electron chi connectivity index (χ0n) is 12.2. The predicted octanol–water partition coefficient (Wildman–Crippen LogP) is 0.679. The summed E-state index contributed by atoms with van der Waals surface area (Å²) in [6.45, 7) is 1.40. The SMILES string of the molecule is CCn1cc(C#N)c(=O)n(CC(=O)Nc2ccc(F)cc2)c1=O. The lowest BCUT2D eigenvalue weighted by Crippen LogP contribution is -2.43. The van der Waals surface area contributed by atoms with Crippen molar-refractivity contribution in [3.05, 3.63) is 62.7 Å². The molecule has 0 spiro atoms. The third-order valence-corrected chi connectivity index (χ3v) is 3.13. The molecule has 1 amide bonds. The van der Waals surface area contributed by atoms with E-state index in [1.165, 1.54) is 35.0 Å². The Morgan fingerprint density at radius 3 is 2.52 bits per heavy atom. The number of nitrogens with one attached hydrogen (secondary N) is 1. The van der Waals surface area contributed by atoms with Crippen molar-refractivity contribution in [2.24, 2.45) is 0 Å². The average molecular weight is 316 g/mol. The molecule has 118 valence electrons. The fourth-order valence-electron chi connectivity index (χ4n) is 1.97. The number of hydrogen-bond donors (Lipinski definition) is 1. The molecule has 8 heteroatoms. The zero-order chi connectivity index (χ0) is 17.0. The van der Waals surface area contributed by atoms with Gasteiger partial charge in [-0.1, -0.05) is 0 Å². The monoisotopic (exact) mass is 316 g/mol. The summed E-state index contributed by atoms with van der Waals surface area (Å²) in [7, 11) is 0. The molecule has 0 aliphatic carbocycles. The quantitative estimate of drug-likeness (QED) is 0.897. The van der Waals surface area contributed by atoms with Crippen molar-refractivity contribution < 1.29 is 9.18 Å². The Labute approximate surface area is 130 Å². The van der Waals surface area contributed by atoms with E-state index in [2.05, 4.69) is 5.32 Å². The number of rotatable bonds is 4. The molecule has 0 aliphatic rings. The number of halogens is 1. The first kappa shape index (κ1) is 16.2. The fourth-order valence-corrected chi connectivity index (χ4v) is 1.97. The van der Waals surface area contributed by atoms with Crippen LogP contribution in [0.15, 0.2) is 40.1 Å². The van der Waals surface area contributed by atoms with E-state index in [0.29, 0.717) is 10.3 Å². The molecule has 7 nitrogen and oxygen atoms in total. The largest absolute Gasteiger partial charge is 0.331 e. The second-order valence-corrected chi connectivity index (χ2v) is 4.67. The summed E-state index contributed by atoms with van der Waals surface area (Å²) in [5.74, 6) is -1.08. The van der Waals surface area contributed by atoms with Crippen LogP contribution in [0.4, 0.5) is 10.1 Å². The molecule has 0 unspecified atom stereocenters. The van der Waals surface area contributed by atoms with Crippen LogP contribution in [-0.4, -0.2) is 15.0 Å². The number of benzene rings is 1. The summed E-state index contributed by atoms with van der Waals surface area (Å²) >= 11 is 0. The lowest BCUT2D eigenvalue weighted by Gasteiger charge is -2.10. The first-order valence-electron chi connectivity index (χ1n) is 6.76. The minimum atomic E-state index is -0.823. The molecule has 23 heavy (non-hydrogen) atoms. The minimum Gasteiger partial charge on any atom is -0.325 e. The van der Waals surface area contributed by atoms with Gasteiger partial charge in [-0.2, -0.15) is 5.26 Å². The Morgan fingerprint density at radius 1 is 1.30 bits per heavy atom. The van der Waals surface area contributed by atoms with Crippen molar-refractivity contribution >= 4 is 11.6 Å². The normalized spacial score (nSPS) is 10.1. The van der Waals surface area contributed by atoms with Gasteiger partial charge < -0.3 is 5.32 Å². The van der Waals surface area contributed by atoms with Gasteiger partial charge in [-0.15, -0.1) is 0 Å². The highest BCUT2D eigenvalue weighted by Gasteiger charge is 2.13. The lowest BCUT2D eigenvalue weighted by molar-refractivity contribution is -0.116. The average Bonchev–Trinajstić information content (AvgIpc) is 2.54. The van der Waals surface area contributed by atoms with Crippen molar-refractivity contribution in [2.45, 2.75) is 20.0 Å². The van der Waals surface area contributed by atoms with E-state index in [-0.39, 0.29) is 12.1 Å². The summed E-state index contributed by atoms with van der Waals surface area (Å²) in [5.41, 5.74) is -1.39. The number of carbonyl (C=O) groups excluding carboxylic acids is 1. The van der Waals surface area contributed by atoms with Crippen LogP contribution < -0.4 is 16.6 Å². The van der Waals surface area contributed by atoms with Gasteiger partial charge in [-0.05, 0) is 31.2 Å². The van der Waals surface area contributed by atoms with E-state index in [1.807, 2.05) is 0 Å². The molecule has 1 aromatic carbocycles. The maximum Gasteiger partial charge on any atom is 0.331 e. The van der Waals surface area contributed by atoms with Crippen LogP contribution in [0.1, 0.15) is 12.5 Å². The molecule has 0 bridgehead atoms. The van der Waals surface area contributed by atoms with Crippen molar-refractivity contribution in [3.63, 3.8) is 0 Å². The van der Waals surface area contributed by atoms with Crippen LogP contribution in [0.2, 0.25) is 0 Å². The van der Waals surface area contributed by atoms with Crippen LogP contribution in [0.25, 0.3) is 0 Å². The number of aryl methyl sites for hydroxylation is 1. The van der Waals surface area contributed by atoms with Crippen LogP contribution >= 0.6 is 0 Å². The fraction of sp³-hybridized carbons (Fsp3) is 0.200. The van der Waals surface area contributed by atoms with Gasteiger partial charge in [0.05, 0.1) is 0 Å². The third kappa shape index (κ3) is 3.52. The van der Waals surface area contributed by atoms with Gasteiger partial charge in [0, 0.05) is 18.4 Å². The van der Waals surface area contributed by atoms with E-state index >= 15 is 0 Å². The molecule has 0 radical (unpaired) electrons. The van der Waals surface area contributed by atoms with Gasteiger partial charge in [0.15, 0.2) is 0 Å². The van der Waals surface area contributed by atoms with E-state index in [9.17, 15) is 18.8 Å². The van der Waals surface area contributed by atoms with Gasteiger partial charge in [0.25, 0.3) is 5.56 Å². The minimum absolute atomic E-state index is 0.221. The molecule has 0 atom stereocenters. The molecule has 0 saturated heterocycles. The molecule has 1 aromatic heterocycles. The van der Waals surface area contributed by atoms with E-state index in [4.69, 9.17) is 5.26 Å². The Balaban J connectivity index is 2.31. The summed E-state index contributed by atoms with van der Waals surface area (Å²) in [6.07, 6.45) is 1.17. The summed E-state index contributed by atoms with van der Waals surface area (Å²) < 4.78 is 14.7. The van der Waals surface area contributed by atoms with Gasteiger partial charge >= 0.3 is 5.69 Å². The molecule has 1 heterocycles. The van der Waals surface area contributed by atoms with Crippen LogP contribution in [0.5, 0.6) is 0 Å². The Bertz CT molecular complexity index is 891. The zero-order valence-corrected chi connectivity index (χ0v) is 12.2. The first-order chi connectivity index (χ1) is 11.0. The van der Waals surface area contributed by atoms with Gasteiger partial charge in [-0.25, -0.2) is 13.8 Å². The highest BCUT2D eigenvalue weighted by molar-refractivity contribution is 5.90. The number of hydrogen-bond acceptors (Lipinski definition) is 4. The number of amides is 1. The standard InChI is InChI=1S/C15H13FN4O3/c1-2-19-8-10(7-17)14(22)20(15(19)23)9-13(21)18-12-5-3-11(16)4-6-12/h3-6,8H,2,9H2,1H3,(H,18,21). The number of anilines is 1. The van der Waals surface area contributed by atoms with Gasteiger partial charge in [0.2, 0.25) is 5.91 Å². The Morgan fingerprint density at radius 2 is 1.96 bits per heavy atom. The maximum absolute atomic E-state index is 12.8. The molecule has 2 rings (SSSR count). The van der Waals surface area contributed by atoms with E-state index < -0.39 is 29.5 Å². The van der Waals surface area contributed by atoms with E-state index in [1.54, 1.807) is 13.0 Å². The highest BCUT2D eigenvalue weighted by atomic mass is 19.1. The molecule has 2 aromatic rings. The highest BCUT2D eigenvalue weighted by Crippen LogP contribution is 2.07. The molecular weight excluding hydrogens is 303 g/mol. The number of aromatic nitrogens is 2. The molecule has 1 N–H and O–H groups in total. The third-order valence-electron chi connectivity index (χ3n) is 3.13. The molecule has 0 saturated carbocycles. The van der Waals surface area contributed by atoms with Crippen LogP contribution in [0.3, 0.4) is 0 Å². The van der Waals surface area contributed by atoms with Crippen molar-refractivity contribution in [3.8, 4) is 6.07 Å².